The molecule has 4 amide bonds. The normalized spacial score (nSPS) is 20.8. The Balaban J connectivity index is 0.000000241. The zero-order chi connectivity index (χ0) is 73.1. The van der Waals surface area contributed by atoms with Gasteiger partial charge in [-0.15, -0.1) is 34.0 Å². The van der Waals surface area contributed by atoms with Crippen molar-refractivity contribution in [3.8, 4) is 5.75 Å². The molecule has 546 valence electrons. The van der Waals surface area contributed by atoms with Crippen LogP contribution < -0.4 is 43.2 Å². The third-order valence-electron chi connectivity index (χ3n) is 15.5. The van der Waals surface area contributed by atoms with Gasteiger partial charge in [0.25, 0.3) is 11.8 Å². The number of aliphatic hydroxyl groups excluding tert-OH is 1. The van der Waals surface area contributed by atoms with Crippen LogP contribution in [0.1, 0.15) is 143 Å². The minimum absolute atomic E-state index is 0.00575. The molecular formula is C63H94B4N10O20S3. The Kier molecular flexibility index (Phi) is 38.1. The van der Waals surface area contributed by atoms with Gasteiger partial charge in [0.2, 0.25) is 11.8 Å². The number of carbonyl (C=O) groups excluding carboxylic acids is 8. The van der Waals surface area contributed by atoms with Crippen LogP contribution in [0.3, 0.4) is 0 Å². The first kappa shape index (κ1) is 84.0. The van der Waals surface area contributed by atoms with Crippen LogP contribution in [0.15, 0.2) is 69.4 Å². The number of thiazole rings is 1. The van der Waals surface area contributed by atoms with Crippen molar-refractivity contribution in [1.82, 2.24) is 26.3 Å². The highest BCUT2D eigenvalue weighted by Gasteiger charge is 2.41. The highest BCUT2D eigenvalue weighted by molar-refractivity contribution is 7.14. The number of oxime groups is 1. The summed E-state index contributed by atoms with van der Waals surface area (Å²) < 4.78 is 32.7. The molecule has 4 aliphatic heterocycles. The Hall–Kier alpha value is -6.67. The van der Waals surface area contributed by atoms with Gasteiger partial charge in [-0.05, 0) is 140 Å². The smallest absolute Gasteiger partial charge is 0.478 e. The lowest BCUT2D eigenvalue weighted by Crippen LogP contribution is -2.54. The van der Waals surface area contributed by atoms with Crippen LogP contribution >= 0.6 is 34.0 Å². The van der Waals surface area contributed by atoms with E-state index in [-0.39, 0.29) is 116 Å². The summed E-state index contributed by atoms with van der Waals surface area (Å²) in [5.74, 6) is -2.57. The number of thiophene rings is 2. The third-order valence-corrected chi connectivity index (χ3v) is 18.1. The number of hydrogen-bond acceptors (Lipinski definition) is 29. The third kappa shape index (κ3) is 31.3. The summed E-state index contributed by atoms with van der Waals surface area (Å²) in [6.45, 7) is 8.45. The molecule has 15 N–H and O–H groups in total. The number of carbonyl (C=O) groups is 8. The number of nitrogens with two attached hydrogens (primary N) is 3. The molecule has 1 aromatic carbocycles. The number of ether oxygens (including phenoxy) is 2. The van der Waals surface area contributed by atoms with Crippen molar-refractivity contribution >= 4 is 126 Å². The van der Waals surface area contributed by atoms with Crippen LogP contribution in [0.2, 0.25) is 0 Å². The predicted molar refractivity (Wildman–Crippen MR) is 381 cm³/mol. The Morgan fingerprint density at radius 3 is 1.54 bits per heavy atom. The molecule has 0 saturated carbocycles. The van der Waals surface area contributed by atoms with E-state index in [1.165, 1.54) is 68.8 Å². The number of aliphatic hydroxyl groups is 1. The van der Waals surface area contributed by atoms with Gasteiger partial charge >= 0.3 is 28.5 Å². The van der Waals surface area contributed by atoms with Gasteiger partial charge in [-0.1, -0.05) is 23.4 Å². The van der Waals surface area contributed by atoms with Gasteiger partial charge in [0, 0.05) is 78.8 Å². The Bertz CT molecular complexity index is 3280. The lowest BCUT2D eigenvalue weighted by atomic mass is 9.72. The number of anilines is 1. The second kappa shape index (κ2) is 45.3. The van der Waals surface area contributed by atoms with E-state index in [0.29, 0.717) is 106 Å². The van der Waals surface area contributed by atoms with Crippen LogP contribution in [0, 0.1) is 0 Å². The van der Waals surface area contributed by atoms with Crippen LogP contribution in [-0.2, 0) is 86.0 Å². The summed E-state index contributed by atoms with van der Waals surface area (Å²) in [4.78, 5) is 109. The molecule has 0 bridgehead atoms. The van der Waals surface area contributed by atoms with Gasteiger partial charge in [-0.3, -0.25) is 43.3 Å². The van der Waals surface area contributed by atoms with Crippen LogP contribution in [-0.4, -0.2) is 212 Å². The van der Waals surface area contributed by atoms with Crippen LogP contribution in [0.5, 0.6) is 5.75 Å². The van der Waals surface area contributed by atoms with Gasteiger partial charge in [0.15, 0.2) is 10.8 Å². The number of nitrogens with zero attached hydrogens (tertiary/aromatic N) is 3. The number of unbranched alkanes of at least 4 members (excludes halogenated alkanes) is 1. The fraction of sp³-hybridized carbons (Fsp3) is 0.571. The Morgan fingerprint density at radius 1 is 0.600 bits per heavy atom. The number of nitrogen functional groups attached to an aromatic ring is 1. The Labute approximate surface area is 595 Å². The fourth-order valence-electron chi connectivity index (χ4n) is 10.8. The number of amides is 4. The molecule has 30 nitrogen and oxygen atoms in total. The summed E-state index contributed by atoms with van der Waals surface area (Å²) in [7, 11) is -3.03. The van der Waals surface area contributed by atoms with E-state index < -0.39 is 64.1 Å². The molecule has 7 heterocycles. The molecule has 0 radical (unpaired) electrons. The van der Waals surface area contributed by atoms with E-state index in [2.05, 4.69) is 36.4 Å². The molecule has 37 heteroatoms. The SMILES string of the molecule is CC(=O)C[C@@H]1CC[C@H](NC(=O)/C(=N/OCCO)c2cccs2)B(O)O1.CC(=O)C[C@@H]1CC[C@H](NC(=O)Cc2ccc(COCCN)s2)B(O)O1.CC(=O)C[C@@H]1CC[C@H](NC(=O)Cc2cccc(OCCCCN)c2)B(O)O1.CN=C(C(=O)N[C@H]1CC[C@@H](CC(C)=O)OB1O)c1csc(N)n1. The quantitative estimate of drug-likeness (QED) is 0.0142. The number of ketones is 4. The highest BCUT2D eigenvalue weighted by Crippen LogP contribution is 2.25. The first-order valence-corrected chi connectivity index (χ1v) is 35.8. The lowest BCUT2D eigenvalue weighted by molar-refractivity contribution is -0.122. The average molecular weight is 1450 g/mol. The molecule has 8 atom stereocenters. The average Bonchev–Trinajstić information content (AvgIpc) is 1.38. The van der Waals surface area contributed by atoms with Crippen molar-refractivity contribution in [3.63, 3.8) is 0 Å². The van der Waals surface area contributed by atoms with Gasteiger partial charge in [0.1, 0.15) is 46.9 Å². The molecular weight excluding hydrogens is 1360 g/mol. The number of benzene rings is 1. The summed E-state index contributed by atoms with van der Waals surface area (Å²) in [5, 5.41) is 67.5. The number of aliphatic imine (C=N–C) groups is 1. The molecule has 8 rings (SSSR count). The molecule has 4 aromatic rings. The highest BCUT2D eigenvalue weighted by atomic mass is 32.1. The van der Waals surface area contributed by atoms with Gasteiger partial charge in [-0.2, -0.15) is 0 Å². The van der Waals surface area contributed by atoms with Crippen molar-refractivity contribution in [2.75, 3.05) is 52.3 Å². The maximum atomic E-state index is 12.5. The monoisotopic (exact) mass is 1450 g/mol. The van der Waals surface area contributed by atoms with Gasteiger partial charge in [-0.25, -0.2) is 4.98 Å². The van der Waals surface area contributed by atoms with Crippen molar-refractivity contribution in [2.24, 2.45) is 21.6 Å². The number of hydrogen-bond donors (Lipinski definition) is 12. The van der Waals surface area contributed by atoms with Crippen LogP contribution in [0.4, 0.5) is 5.13 Å². The zero-order valence-corrected chi connectivity index (χ0v) is 59.6. The van der Waals surface area contributed by atoms with E-state index >= 15 is 0 Å². The van der Waals surface area contributed by atoms with Gasteiger partial charge in [0.05, 0.1) is 67.9 Å². The molecule has 0 spiro atoms. The minimum Gasteiger partial charge on any atom is -0.494 e. The minimum atomic E-state index is -1.19. The van der Waals surface area contributed by atoms with E-state index in [4.69, 9.17) is 55.2 Å². The number of Topliss-reactive ketones (excluding diaryl/α,β-unsaturated/α-hetero) is 4. The topological polar surface area (TPSA) is 466 Å². The molecule has 100 heavy (non-hydrogen) atoms. The second-order valence-electron chi connectivity index (χ2n) is 24.2. The first-order chi connectivity index (χ1) is 47.9. The lowest BCUT2D eigenvalue weighted by Gasteiger charge is -2.31. The molecule has 4 saturated heterocycles. The van der Waals surface area contributed by atoms with E-state index in [0.717, 1.165) is 33.9 Å². The van der Waals surface area contributed by atoms with Crippen molar-refractivity contribution < 1.29 is 96.5 Å². The second-order valence-corrected chi connectivity index (χ2v) is 27.3. The van der Waals surface area contributed by atoms with Crippen molar-refractivity contribution in [1.29, 1.82) is 0 Å². The molecule has 4 fully saturated rings. The Morgan fingerprint density at radius 2 is 1.10 bits per heavy atom. The summed E-state index contributed by atoms with van der Waals surface area (Å²) in [6, 6.07) is 14.8. The predicted octanol–water partition coefficient (Wildman–Crippen LogP) is 1.37. The molecule has 0 unspecified atom stereocenters. The molecule has 4 aliphatic rings. The standard InChI is InChI=1S/C19H29BN2O5.C16H25BN2O5S.C15H21BN2O6S.C13H19BN4O4S/c1-14(23)11-17-7-8-18(20(25)27-17)22-19(24)13-15-5-4-6-16(12-15)26-10-3-2-9-21;1-11(20)8-12-2-5-15(17(22)24-12)19-16(21)9-13-3-4-14(25-13)10-23-7-6-18;1-10(20)9-11-4-5-13(16(22)24-11)17-15(21)14(18-23-7-6-19)12-3-2-8-25-12;1-7(19)5-8-3-4-10(14(21)22-8)18-12(20)11(16-2)9-6-23-13(15)17-9/h4-6,12,17-18,25H,2-3,7-11,13,21H2,1H3,(H,22,24);3-4,12,15,22H,2,5-10,18H2,1H3,(H,19,21);2-3,8,11,13,19,22H,4-7,9H2,1H3,(H,17,21);6,8,10,21H,3-5H2,1-2H3,(H2,15,17)(H,18,20)/b;;18-14+;/t17-,18-;12-,15-;11-,13-;8-,10-/m0000/s1. The number of nitrogens with one attached hydrogen (secondary N) is 4. The van der Waals surface area contributed by atoms with Crippen LogP contribution in [0.25, 0.3) is 0 Å². The maximum absolute atomic E-state index is 12.5. The summed E-state index contributed by atoms with van der Waals surface area (Å²) in [6.07, 6.45) is 6.75. The summed E-state index contributed by atoms with van der Waals surface area (Å²) >= 11 is 4.06. The van der Waals surface area contributed by atoms with E-state index in [1.807, 2.05) is 36.4 Å². The molecule has 3 aromatic heterocycles. The van der Waals surface area contributed by atoms with Crippen molar-refractivity contribution in [2.45, 2.75) is 185 Å². The number of aromatic nitrogens is 1. The fourth-order valence-corrected chi connectivity index (χ4v) is 13.0. The first-order valence-electron chi connectivity index (χ1n) is 33.2. The number of rotatable bonds is 32. The van der Waals surface area contributed by atoms with E-state index in [1.54, 1.807) is 22.9 Å². The maximum Gasteiger partial charge on any atom is 0.478 e. The summed E-state index contributed by atoms with van der Waals surface area (Å²) in [5.41, 5.74) is 17.9. The molecule has 0 aliphatic carbocycles. The van der Waals surface area contributed by atoms with Gasteiger partial charge < -0.3 is 96.6 Å². The van der Waals surface area contributed by atoms with E-state index in [9.17, 15) is 58.5 Å². The zero-order valence-electron chi connectivity index (χ0n) is 57.1. The van der Waals surface area contributed by atoms with Crippen molar-refractivity contribution in [3.05, 3.63) is 85.2 Å². The largest absolute Gasteiger partial charge is 0.494 e.